The zero-order valence-corrected chi connectivity index (χ0v) is 10.4. The number of nitrogens with zero attached hydrogens (tertiary/aromatic N) is 1. The third kappa shape index (κ3) is 3.46. The van der Waals surface area contributed by atoms with Gasteiger partial charge in [-0.1, -0.05) is 24.3 Å². The van der Waals surface area contributed by atoms with Crippen LogP contribution in [-0.4, -0.2) is 25.7 Å². The molecule has 1 aliphatic heterocycles. The molecular weight excluding hydrogens is 214 g/mol. The third-order valence-corrected chi connectivity index (χ3v) is 2.67. The Morgan fingerprint density at radius 1 is 1.47 bits per heavy atom. The molecule has 1 aromatic rings. The Labute approximate surface area is 102 Å². The van der Waals surface area contributed by atoms with E-state index in [0.29, 0.717) is 12.6 Å². The highest BCUT2D eigenvalue weighted by Crippen LogP contribution is 2.06. The summed E-state index contributed by atoms with van der Waals surface area (Å²) in [7, 11) is 1.71. The van der Waals surface area contributed by atoms with E-state index < -0.39 is 0 Å². The molecule has 2 N–H and O–H groups in total. The van der Waals surface area contributed by atoms with Crippen LogP contribution in [0.25, 0.3) is 0 Å². The minimum absolute atomic E-state index is 0.442. The van der Waals surface area contributed by atoms with Gasteiger partial charge in [0.2, 0.25) is 0 Å². The fraction of sp³-hybridized carbons (Fsp3) is 0.462. The highest BCUT2D eigenvalue weighted by molar-refractivity contribution is 5.81. The standard InChI is InChI=1S/C13H19N3O/c1-10-7-14-13(16-10)15-8-11-4-3-5-12(6-11)9-17-2/h3-6,10H,7-9H2,1-2H3,(H2,14,15,16). The van der Waals surface area contributed by atoms with Gasteiger partial charge in [-0.25, -0.2) is 0 Å². The highest BCUT2D eigenvalue weighted by Gasteiger charge is 2.11. The van der Waals surface area contributed by atoms with E-state index in [2.05, 4.69) is 46.8 Å². The van der Waals surface area contributed by atoms with Gasteiger partial charge in [0.1, 0.15) is 0 Å². The number of benzene rings is 1. The molecule has 1 heterocycles. The molecule has 1 aromatic carbocycles. The molecule has 17 heavy (non-hydrogen) atoms. The Kier molecular flexibility index (Phi) is 3.98. The van der Waals surface area contributed by atoms with Crippen molar-refractivity contribution < 1.29 is 4.74 Å². The number of rotatable bonds is 4. The van der Waals surface area contributed by atoms with Crippen LogP contribution >= 0.6 is 0 Å². The quantitative estimate of drug-likeness (QED) is 0.823. The number of nitrogens with one attached hydrogen (secondary N) is 2. The lowest BCUT2D eigenvalue weighted by atomic mass is 10.1. The van der Waals surface area contributed by atoms with E-state index in [1.165, 1.54) is 11.1 Å². The van der Waals surface area contributed by atoms with Crippen molar-refractivity contribution in [3.05, 3.63) is 35.4 Å². The minimum Gasteiger partial charge on any atom is -0.380 e. The number of methoxy groups -OCH3 is 1. The van der Waals surface area contributed by atoms with Crippen molar-refractivity contribution in [2.75, 3.05) is 13.7 Å². The largest absolute Gasteiger partial charge is 0.380 e. The second-order valence-electron chi connectivity index (χ2n) is 4.34. The van der Waals surface area contributed by atoms with Crippen LogP contribution in [0, 0.1) is 0 Å². The van der Waals surface area contributed by atoms with Gasteiger partial charge in [-0.2, -0.15) is 0 Å². The molecule has 0 radical (unpaired) electrons. The van der Waals surface area contributed by atoms with Crippen molar-refractivity contribution in [3.63, 3.8) is 0 Å². The molecular formula is C13H19N3O. The molecule has 0 aliphatic carbocycles. The van der Waals surface area contributed by atoms with Crippen LogP contribution in [0.2, 0.25) is 0 Å². The molecule has 0 amide bonds. The first-order valence-corrected chi connectivity index (χ1v) is 5.89. The number of hydrogen-bond acceptors (Lipinski definition) is 4. The normalized spacial score (nSPS) is 18.7. The van der Waals surface area contributed by atoms with E-state index in [1.807, 2.05) is 0 Å². The molecule has 0 aromatic heterocycles. The van der Waals surface area contributed by atoms with Crippen LogP contribution in [0.4, 0.5) is 0 Å². The molecule has 1 unspecified atom stereocenters. The number of ether oxygens (including phenoxy) is 1. The fourth-order valence-electron chi connectivity index (χ4n) is 1.84. The van der Waals surface area contributed by atoms with E-state index in [0.717, 1.165) is 19.0 Å². The number of aliphatic imine (C=N–C) groups is 1. The van der Waals surface area contributed by atoms with Gasteiger partial charge < -0.3 is 15.4 Å². The minimum atomic E-state index is 0.442. The van der Waals surface area contributed by atoms with E-state index >= 15 is 0 Å². The Balaban J connectivity index is 1.88. The average Bonchev–Trinajstić information content (AvgIpc) is 2.74. The van der Waals surface area contributed by atoms with Crippen molar-refractivity contribution in [1.29, 1.82) is 0 Å². The van der Waals surface area contributed by atoms with Gasteiger partial charge in [0.05, 0.1) is 13.2 Å². The maximum atomic E-state index is 5.12. The van der Waals surface area contributed by atoms with Gasteiger partial charge in [-0.3, -0.25) is 4.99 Å². The van der Waals surface area contributed by atoms with E-state index in [9.17, 15) is 0 Å². The first-order valence-electron chi connectivity index (χ1n) is 5.89. The number of hydrogen-bond donors (Lipinski definition) is 2. The summed E-state index contributed by atoms with van der Waals surface area (Å²) in [5.41, 5.74) is 2.44. The lowest BCUT2D eigenvalue weighted by Gasteiger charge is -2.09. The molecule has 2 rings (SSSR count). The Hall–Kier alpha value is -1.55. The third-order valence-electron chi connectivity index (χ3n) is 2.67. The topological polar surface area (TPSA) is 45.6 Å². The van der Waals surface area contributed by atoms with Crippen molar-refractivity contribution in [3.8, 4) is 0 Å². The van der Waals surface area contributed by atoms with Crippen LogP contribution in [0.15, 0.2) is 29.3 Å². The maximum Gasteiger partial charge on any atom is 0.191 e. The first kappa shape index (κ1) is 11.9. The van der Waals surface area contributed by atoms with Crippen molar-refractivity contribution in [2.45, 2.75) is 26.1 Å². The fourth-order valence-corrected chi connectivity index (χ4v) is 1.84. The van der Waals surface area contributed by atoms with Gasteiger partial charge >= 0.3 is 0 Å². The Morgan fingerprint density at radius 2 is 2.29 bits per heavy atom. The van der Waals surface area contributed by atoms with Crippen LogP contribution < -0.4 is 10.6 Å². The average molecular weight is 233 g/mol. The van der Waals surface area contributed by atoms with E-state index in [4.69, 9.17) is 4.74 Å². The van der Waals surface area contributed by atoms with Crippen LogP contribution in [0.3, 0.4) is 0 Å². The lowest BCUT2D eigenvalue weighted by molar-refractivity contribution is 0.185. The SMILES string of the molecule is COCc1cccc(CNC2=NCC(C)N2)c1. The molecule has 0 spiro atoms. The summed E-state index contributed by atoms with van der Waals surface area (Å²) in [6, 6.07) is 8.82. The predicted octanol–water partition coefficient (Wildman–Crippen LogP) is 1.27. The van der Waals surface area contributed by atoms with Gasteiger partial charge in [0.15, 0.2) is 5.96 Å². The summed E-state index contributed by atoms with van der Waals surface area (Å²) in [5, 5.41) is 6.57. The van der Waals surface area contributed by atoms with Crippen LogP contribution in [0.5, 0.6) is 0 Å². The molecule has 0 bridgehead atoms. The summed E-state index contributed by atoms with van der Waals surface area (Å²) in [4.78, 5) is 4.36. The molecule has 0 saturated carbocycles. The van der Waals surface area contributed by atoms with Crippen LogP contribution in [-0.2, 0) is 17.9 Å². The van der Waals surface area contributed by atoms with Gasteiger partial charge in [0, 0.05) is 19.7 Å². The Bertz CT molecular complexity index is 403. The highest BCUT2D eigenvalue weighted by atomic mass is 16.5. The molecule has 1 atom stereocenters. The van der Waals surface area contributed by atoms with Crippen molar-refractivity contribution >= 4 is 5.96 Å². The summed E-state index contributed by atoms with van der Waals surface area (Å²) in [6.07, 6.45) is 0. The first-order chi connectivity index (χ1) is 8.28. The van der Waals surface area contributed by atoms with Gasteiger partial charge in [-0.15, -0.1) is 0 Å². The summed E-state index contributed by atoms with van der Waals surface area (Å²) in [6.45, 7) is 4.42. The zero-order valence-electron chi connectivity index (χ0n) is 10.4. The lowest BCUT2D eigenvalue weighted by Crippen LogP contribution is -2.37. The molecule has 1 aliphatic rings. The summed E-state index contributed by atoms with van der Waals surface area (Å²) in [5.74, 6) is 0.898. The molecule has 4 nitrogen and oxygen atoms in total. The second-order valence-corrected chi connectivity index (χ2v) is 4.34. The van der Waals surface area contributed by atoms with Gasteiger partial charge in [-0.05, 0) is 18.1 Å². The molecule has 0 saturated heterocycles. The second kappa shape index (κ2) is 5.68. The molecule has 92 valence electrons. The summed E-state index contributed by atoms with van der Waals surface area (Å²) < 4.78 is 5.12. The van der Waals surface area contributed by atoms with Crippen LogP contribution in [0.1, 0.15) is 18.1 Å². The van der Waals surface area contributed by atoms with E-state index in [-0.39, 0.29) is 0 Å². The smallest absolute Gasteiger partial charge is 0.191 e. The van der Waals surface area contributed by atoms with Crippen molar-refractivity contribution in [2.24, 2.45) is 4.99 Å². The zero-order chi connectivity index (χ0) is 12.1. The maximum absolute atomic E-state index is 5.12. The number of guanidine groups is 1. The van der Waals surface area contributed by atoms with Gasteiger partial charge in [0.25, 0.3) is 0 Å². The molecule has 4 heteroatoms. The van der Waals surface area contributed by atoms with E-state index in [1.54, 1.807) is 7.11 Å². The van der Waals surface area contributed by atoms with Crippen molar-refractivity contribution in [1.82, 2.24) is 10.6 Å². The Morgan fingerprint density at radius 3 is 3.00 bits per heavy atom. The summed E-state index contributed by atoms with van der Waals surface area (Å²) >= 11 is 0. The predicted molar refractivity (Wildman–Crippen MR) is 68.9 cm³/mol. The monoisotopic (exact) mass is 233 g/mol. The molecule has 0 fully saturated rings.